The molecule has 0 aromatic carbocycles. The predicted octanol–water partition coefficient (Wildman–Crippen LogP) is 1.54. The first kappa shape index (κ1) is 15.3. The first-order valence-electron chi connectivity index (χ1n) is 8.66. The van der Waals surface area contributed by atoms with E-state index in [2.05, 4.69) is 14.9 Å². The Hall–Kier alpha value is -2.21. The molecule has 0 radical (unpaired) electrons. The van der Waals surface area contributed by atoms with Gasteiger partial charge in [0.05, 0.1) is 5.39 Å². The minimum absolute atomic E-state index is 0.174. The molecule has 3 heterocycles. The van der Waals surface area contributed by atoms with Gasteiger partial charge in [-0.2, -0.15) is 0 Å². The van der Waals surface area contributed by atoms with Crippen molar-refractivity contribution in [2.45, 2.75) is 32.2 Å². The molecule has 1 aliphatic heterocycles. The van der Waals surface area contributed by atoms with E-state index in [1.54, 1.807) is 17.0 Å². The van der Waals surface area contributed by atoms with Gasteiger partial charge < -0.3 is 9.88 Å². The molecule has 6 heteroatoms. The second-order valence-electron chi connectivity index (χ2n) is 6.79. The molecule has 2 aromatic rings. The molecule has 0 atom stereocenters. The number of carbonyl (C=O) groups is 1. The lowest BCUT2D eigenvalue weighted by atomic mass is 9.91. The quantitative estimate of drug-likeness (QED) is 0.909. The second kappa shape index (κ2) is 6.02. The predicted molar refractivity (Wildman–Crippen MR) is 92.2 cm³/mol. The van der Waals surface area contributed by atoms with Gasteiger partial charge in [0.15, 0.2) is 0 Å². The minimum atomic E-state index is -0.234. The van der Waals surface area contributed by atoms with E-state index < -0.39 is 0 Å². The SMILES string of the molecule is Cc1ccc2c(=O)c(C(=O)N3CCN(C4CCC4)CC3)c[nH]c2n1. The topological polar surface area (TPSA) is 69.3 Å². The fourth-order valence-electron chi connectivity index (χ4n) is 3.57. The Kier molecular flexibility index (Phi) is 3.84. The lowest BCUT2D eigenvalue weighted by molar-refractivity contribution is 0.0454. The Labute approximate surface area is 140 Å². The molecule has 2 aliphatic rings. The molecule has 1 saturated carbocycles. The third-order valence-corrected chi connectivity index (χ3v) is 5.30. The highest BCUT2D eigenvalue weighted by molar-refractivity contribution is 5.96. The summed E-state index contributed by atoms with van der Waals surface area (Å²) in [6.07, 6.45) is 5.40. The lowest BCUT2D eigenvalue weighted by Crippen LogP contribution is -2.54. The number of amides is 1. The Balaban J connectivity index is 1.54. The number of H-pyrrole nitrogens is 1. The van der Waals surface area contributed by atoms with Crippen molar-refractivity contribution in [2.75, 3.05) is 26.2 Å². The van der Waals surface area contributed by atoms with Gasteiger partial charge in [0.25, 0.3) is 5.91 Å². The van der Waals surface area contributed by atoms with E-state index in [0.717, 1.165) is 18.8 Å². The van der Waals surface area contributed by atoms with Crippen LogP contribution in [0.1, 0.15) is 35.3 Å². The standard InChI is InChI=1S/C18H22N4O2/c1-12-5-6-14-16(23)15(11-19-17(14)20-12)18(24)22-9-7-21(8-10-22)13-3-2-4-13/h5-6,11,13H,2-4,7-10H2,1H3,(H,19,20,23). The third-order valence-electron chi connectivity index (χ3n) is 5.30. The zero-order valence-electron chi connectivity index (χ0n) is 13.9. The van der Waals surface area contributed by atoms with Gasteiger partial charge in [0.2, 0.25) is 5.43 Å². The van der Waals surface area contributed by atoms with Crippen LogP contribution < -0.4 is 5.43 Å². The van der Waals surface area contributed by atoms with Crippen LogP contribution in [0.5, 0.6) is 0 Å². The Morgan fingerprint density at radius 2 is 1.96 bits per heavy atom. The zero-order chi connectivity index (χ0) is 16.7. The van der Waals surface area contributed by atoms with Crippen molar-refractivity contribution in [3.8, 4) is 0 Å². The maximum atomic E-state index is 12.8. The summed E-state index contributed by atoms with van der Waals surface area (Å²) in [6, 6.07) is 4.24. The molecule has 1 aliphatic carbocycles. The molecular formula is C18H22N4O2. The van der Waals surface area contributed by atoms with E-state index in [4.69, 9.17) is 0 Å². The number of nitrogens with one attached hydrogen (secondary N) is 1. The highest BCUT2D eigenvalue weighted by atomic mass is 16.2. The molecule has 2 fully saturated rings. The molecule has 1 saturated heterocycles. The molecule has 4 rings (SSSR count). The molecule has 0 spiro atoms. The van der Waals surface area contributed by atoms with E-state index in [1.807, 2.05) is 6.92 Å². The maximum Gasteiger partial charge on any atom is 0.259 e. The highest BCUT2D eigenvalue weighted by Crippen LogP contribution is 2.25. The Morgan fingerprint density at radius 1 is 1.21 bits per heavy atom. The first-order chi connectivity index (χ1) is 11.6. The largest absolute Gasteiger partial charge is 0.345 e. The lowest BCUT2D eigenvalue weighted by Gasteiger charge is -2.42. The number of pyridine rings is 2. The van der Waals surface area contributed by atoms with Crippen LogP contribution in [-0.4, -0.2) is 57.9 Å². The van der Waals surface area contributed by atoms with Crippen LogP contribution in [-0.2, 0) is 0 Å². The van der Waals surface area contributed by atoms with Gasteiger partial charge in [-0.25, -0.2) is 4.98 Å². The van der Waals surface area contributed by atoms with Gasteiger partial charge in [0, 0.05) is 44.1 Å². The molecule has 2 aromatic heterocycles. The number of hydrogen-bond acceptors (Lipinski definition) is 4. The van der Waals surface area contributed by atoms with Crippen molar-refractivity contribution in [2.24, 2.45) is 0 Å². The maximum absolute atomic E-state index is 12.8. The summed E-state index contributed by atoms with van der Waals surface area (Å²) in [5, 5.41) is 0.472. The number of piperazine rings is 1. The number of aromatic nitrogens is 2. The van der Waals surface area contributed by atoms with Gasteiger partial charge in [0.1, 0.15) is 11.2 Å². The molecule has 1 amide bonds. The summed E-state index contributed by atoms with van der Waals surface area (Å²) in [5.41, 5.74) is 1.35. The van der Waals surface area contributed by atoms with Crippen molar-refractivity contribution in [1.29, 1.82) is 0 Å². The zero-order valence-corrected chi connectivity index (χ0v) is 13.9. The third kappa shape index (κ3) is 2.60. The molecule has 126 valence electrons. The van der Waals surface area contributed by atoms with Crippen LogP contribution in [0.2, 0.25) is 0 Å². The van der Waals surface area contributed by atoms with Crippen molar-refractivity contribution in [3.63, 3.8) is 0 Å². The minimum Gasteiger partial charge on any atom is -0.345 e. The number of nitrogens with zero attached hydrogens (tertiary/aromatic N) is 3. The number of rotatable bonds is 2. The summed E-state index contributed by atoms with van der Waals surface area (Å²) in [5.74, 6) is -0.174. The van der Waals surface area contributed by atoms with Crippen LogP contribution >= 0.6 is 0 Å². The van der Waals surface area contributed by atoms with Gasteiger partial charge in [-0.05, 0) is 31.9 Å². The fraction of sp³-hybridized carbons (Fsp3) is 0.500. The molecule has 1 N–H and O–H groups in total. The van der Waals surface area contributed by atoms with Gasteiger partial charge >= 0.3 is 0 Å². The fourth-order valence-corrected chi connectivity index (χ4v) is 3.57. The number of fused-ring (bicyclic) bond motifs is 1. The van der Waals surface area contributed by atoms with E-state index in [1.165, 1.54) is 25.5 Å². The van der Waals surface area contributed by atoms with Gasteiger partial charge in [-0.3, -0.25) is 14.5 Å². The van der Waals surface area contributed by atoms with Crippen molar-refractivity contribution in [1.82, 2.24) is 19.8 Å². The normalized spacial score (nSPS) is 19.5. The Morgan fingerprint density at radius 3 is 2.62 bits per heavy atom. The van der Waals surface area contributed by atoms with Crippen LogP contribution in [0.4, 0.5) is 0 Å². The summed E-state index contributed by atoms with van der Waals surface area (Å²) in [7, 11) is 0. The monoisotopic (exact) mass is 326 g/mol. The average molecular weight is 326 g/mol. The van der Waals surface area contributed by atoms with Crippen LogP contribution in [0.15, 0.2) is 23.1 Å². The second-order valence-corrected chi connectivity index (χ2v) is 6.79. The highest BCUT2D eigenvalue weighted by Gasteiger charge is 2.30. The Bertz CT molecular complexity index is 833. The van der Waals surface area contributed by atoms with E-state index in [0.29, 0.717) is 30.2 Å². The van der Waals surface area contributed by atoms with Gasteiger partial charge in [-0.1, -0.05) is 6.42 Å². The molecule has 0 unspecified atom stereocenters. The number of hydrogen-bond donors (Lipinski definition) is 1. The van der Waals surface area contributed by atoms with Crippen molar-refractivity contribution in [3.05, 3.63) is 39.8 Å². The van der Waals surface area contributed by atoms with E-state index in [9.17, 15) is 9.59 Å². The molecule has 6 nitrogen and oxygen atoms in total. The molecule has 0 bridgehead atoms. The van der Waals surface area contributed by atoms with Crippen LogP contribution in [0.25, 0.3) is 11.0 Å². The summed E-state index contributed by atoms with van der Waals surface area (Å²) < 4.78 is 0. The summed E-state index contributed by atoms with van der Waals surface area (Å²) in [6.45, 7) is 5.07. The number of carbonyl (C=O) groups excluding carboxylic acids is 1. The number of aromatic amines is 1. The van der Waals surface area contributed by atoms with E-state index >= 15 is 0 Å². The van der Waals surface area contributed by atoms with Crippen molar-refractivity contribution < 1.29 is 4.79 Å². The number of aryl methyl sites for hydroxylation is 1. The summed E-state index contributed by atoms with van der Waals surface area (Å²) >= 11 is 0. The first-order valence-corrected chi connectivity index (χ1v) is 8.66. The molecular weight excluding hydrogens is 304 g/mol. The average Bonchev–Trinajstić information content (AvgIpc) is 2.53. The van der Waals surface area contributed by atoms with Crippen LogP contribution in [0, 0.1) is 6.92 Å². The smallest absolute Gasteiger partial charge is 0.259 e. The van der Waals surface area contributed by atoms with Gasteiger partial charge in [-0.15, -0.1) is 0 Å². The van der Waals surface area contributed by atoms with Crippen LogP contribution in [0.3, 0.4) is 0 Å². The van der Waals surface area contributed by atoms with Crippen molar-refractivity contribution >= 4 is 16.9 Å². The van der Waals surface area contributed by atoms with E-state index in [-0.39, 0.29) is 16.9 Å². The molecule has 24 heavy (non-hydrogen) atoms. The summed E-state index contributed by atoms with van der Waals surface area (Å²) in [4.78, 5) is 37.0.